The van der Waals surface area contributed by atoms with Crippen LogP contribution in [0.15, 0.2) is 18.2 Å². The monoisotopic (exact) mass is 269 g/mol. The van der Waals surface area contributed by atoms with E-state index in [0.717, 1.165) is 35.7 Å². The molecule has 2 aromatic rings. The molecule has 106 valence electrons. The third kappa shape index (κ3) is 2.12. The second-order valence-corrected chi connectivity index (χ2v) is 6.76. The van der Waals surface area contributed by atoms with Gasteiger partial charge in [0.25, 0.3) is 0 Å². The maximum atomic E-state index is 10.7. The fourth-order valence-electron chi connectivity index (χ4n) is 3.34. The molecular formula is C18H23NO. The first-order valence-electron chi connectivity index (χ1n) is 7.56. The number of aryl methyl sites for hydroxylation is 1. The summed E-state index contributed by atoms with van der Waals surface area (Å²) in [4.78, 5) is 4.82. The average molecular weight is 269 g/mol. The van der Waals surface area contributed by atoms with E-state index in [4.69, 9.17) is 4.98 Å². The maximum absolute atomic E-state index is 10.7. The smallest absolute Gasteiger partial charge is 0.0850 e. The average Bonchev–Trinajstić information content (AvgIpc) is 2.80. The van der Waals surface area contributed by atoms with Crippen molar-refractivity contribution in [2.24, 2.45) is 0 Å². The zero-order valence-corrected chi connectivity index (χ0v) is 12.8. The van der Waals surface area contributed by atoms with E-state index in [0.29, 0.717) is 5.92 Å². The third-order valence-corrected chi connectivity index (χ3v) is 4.31. The molecule has 0 bridgehead atoms. The van der Waals surface area contributed by atoms with E-state index in [2.05, 4.69) is 32.0 Å². The van der Waals surface area contributed by atoms with Crippen molar-refractivity contribution in [1.29, 1.82) is 0 Å². The number of hydrogen-bond acceptors (Lipinski definition) is 2. The molecule has 2 heteroatoms. The summed E-state index contributed by atoms with van der Waals surface area (Å²) >= 11 is 0. The quantitative estimate of drug-likeness (QED) is 0.891. The highest BCUT2D eigenvalue weighted by atomic mass is 16.3. The molecule has 1 N–H and O–H groups in total. The normalized spacial score (nSPS) is 15.1. The standard InChI is InChI=1S/C18H23NO/c1-11(2)12-8-9-16-14(10-12)17(18(3,4)20)13-6-5-7-15(13)19-16/h8-11,20H,5-7H2,1-4H3. The molecule has 0 saturated heterocycles. The van der Waals surface area contributed by atoms with Crippen LogP contribution in [0.3, 0.4) is 0 Å². The predicted octanol–water partition coefficient (Wildman–Crippen LogP) is 4.07. The number of aliphatic hydroxyl groups is 1. The van der Waals surface area contributed by atoms with E-state index in [1.807, 2.05) is 13.8 Å². The molecule has 1 aromatic carbocycles. The highest BCUT2D eigenvalue weighted by Crippen LogP contribution is 2.37. The lowest BCUT2D eigenvalue weighted by Gasteiger charge is -2.24. The van der Waals surface area contributed by atoms with Crippen LogP contribution < -0.4 is 0 Å². The van der Waals surface area contributed by atoms with E-state index in [1.165, 1.54) is 16.8 Å². The summed E-state index contributed by atoms with van der Waals surface area (Å²) in [5.41, 5.74) is 5.08. The molecule has 0 atom stereocenters. The maximum Gasteiger partial charge on any atom is 0.0850 e. The van der Waals surface area contributed by atoms with Gasteiger partial charge in [-0.05, 0) is 67.9 Å². The van der Waals surface area contributed by atoms with Gasteiger partial charge in [0.05, 0.1) is 11.1 Å². The summed E-state index contributed by atoms with van der Waals surface area (Å²) in [6, 6.07) is 6.49. The second-order valence-electron chi connectivity index (χ2n) is 6.76. The van der Waals surface area contributed by atoms with Gasteiger partial charge in [-0.2, -0.15) is 0 Å². The minimum atomic E-state index is -0.814. The van der Waals surface area contributed by atoms with Gasteiger partial charge in [0.2, 0.25) is 0 Å². The summed E-state index contributed by atoms with van der Waals surface area (Å²) < 4.78 is 0. The molecule has 0 aliphatic heterocycles. The van der Waals surface area contributed by atoms with Crippen LogP contribution >= 0.6 is 0 Å². The Morgan fingerprint density at radius 2 is 1.95 bits per heavy atom. The molecule has 1 heterocycles. The van der Waals surface area contributed by atoms with Gasteiger partial charge in [0.1, 0.15) is 0 Å². The molecule has 2 nitrogen and oxygen atoms in total. The van der Waals surface area contributed by atoms with Crippen LogP contribution in [0.4, 0.5) is 0 Å². The number of hydrogen-bond donors (Lipinski definition) is 1. The van der Waals surface area contributed by atoms with Crippen molar-refractivity contribution < 1.29 is 5.11 Å². The first kappa shape index (κ1) is 13.6. The Balaban J connectivity index is 2.37. The molecule has 20 heavy (non-hydrogen) atoms. The molecule has 0 spiro atoms. The fraction of sp³-hybridized carbons (Fsp3) is 0.500. The van der Waals surface area contributed by atoms with Crippen molar-refractivity contribution in [3.63, 3.8) is 0 Å². The lowest BCUT2D eigenvalue weighted by Crippen LogP contribution is -2.19. The van der Waals surface area contributed by atoms with Gasteiger partial charge in [-0.15, -0.1) is 0 Å². The van der Waals surface area contributed by atoms with E-state index >= 15 is 0 Å². The van der Waals surface area contributed by atoms with Crippen LogP contribution in [0.25, 0.3) is 10.9 Å². The van der Waals surface area contributed by atoms with Gasteiger partial charge in [0, 0.05) is 11.1 Å². The first-order chi connectivity index (χ1) is 9.38. The fourth-order valence-corrected chi connectivity index (χ4v) is 3.34. The van der Waals surface area contributed by atoms with Gasteiger partial charge < -0.3 is 5.11 Å². The van der Waals surface area contributed by atoms with Gasteiger partial charge in [-0.3, -0.25) is 4.98 Å². The van der Waals surface area contributed by atoms with Crippen molar-refractivity contribution >= 4 is 10.9 Å². The van der Waals surface area contributed by atoms with Gasteiger partial charge in [-0.25, -0.2) is 0 Å². The zero-order chi connectivity index (χ0) is 14.5. The SMILES string of the molecule is CC(C)c1ccc2nc3c(c(C(C)(C)O)c2c1)CCC3. The lowest BCUT2D eigenvalue weighted by atomic mass is 9.87. The van der Waals surface area contributed by atoms with Crippen LogP contribution in [-0.4, -0.2) is 10.1 Å². The summed E-state index contributed by atoms with van der Waals surface area (Å²) in [7, 11) is 0. The summed E-state index contributed by atoms with van der Waals surface area (Å²) in [5, 5.41) is 11.8. The molecule has 3 rings (SSSR count). The Morgan fingerprint density at radius 1 is 1.20 bits per heavy atom. The van der Waals surface area contributed by atoms with Crippen molar-refractivity contribution in [2.75, 3.05) is 0 Å². The summed E-state index contributed by atoms with van der Waals surface area (Å²) in [6.45, 7) is 8.18. The zero-order valence-electron chi connectivity index (χ0n) is 12.8. The molecule has 0 fully saturated rings. The molecule has 0 unspecified atom stereocenters. The molecule has 0 radical (unpaired) electrons. The topological polar surface area (TPSA) is 33.1 Å². The first-order valence-corrected chi connectivity index (χ1v) is 7.56. The van der Waals surface area contributed by atoms with Gasteiger partial charge >= 0.3 is 0 Å². The van der Waals surface area contributed by atoms with Crippen molar-refractivity contribution in [3.05, 3.63) is 40.6 Å². The number of aromatic nitrogens is 1. The number of rotatable bonds is 2. The van der Waals surface area contributed by atoms with Crippen molar-refractivity contribution in [1.82, 2.24) is 4.98 Å². The van der Waals surface area contributed by atoms with Crippen LogP contribution in [0.5, 0.6) is 0 Å². The lowest BCUT2D eigenvalue weighted by molar-refractivity contribution is 0.0792. The Morgan fingerprint density at radius 3 is 2.60 bits per heavy atom. The van der Waals surface area contributed by atoms with E-state index in [9.17, 15) is 5.11 Å². The number of benzene rings is 1. The van der Waals surface area contributed by atoms with E-state index in [1.54, 1.807) is 0 Å². The number of nitrogens with zero attached hydrogens (tertiary/aromatic N) is 1. The van der Waals surface area contributed by atoms with E-state index < -0.39 is 5.60 Å². The minimum Gasteiger partial charge on any atom is -0.386 e. The minimum absolute atomic E-state index is 0.488. The van der Waals surface area contributed by atoms with Gasteiger partial charge in [-0.1, -0.05) is 19.9 Å². The number of fused-ring (bicyclic) bond motifs is 2. The van der Waals surface area contributed by atoms with Crippen LogP contribution in [-0.2, 0) is 18.4 Å². The van der Waals surface area contributed by atoms with Crippen molar-refractivity contribution in [2.45, 2.75) is 58.5 Å². The predicted molar refractivity (Wildman–Crippen MR) is 83.1 cm³/mol. The largest absolute Gasteiger partial charge is 0.386 e. The van der Waals surface area contributed by atoms with Crippen LogP contribution in [0.1, 0.15) is 62.4 Å². The Kier molecular flexibility index (Phi) is 3.09. The Bertz CT molecular complexity index is 665. The third-order valence-electron chi connectivity index (χ3n) is 4.31. The Hall–Kier alpha value is -1.41. The van der Waals surface area contributed by atoms with Crippen molar-refractivity contribution in [3.8, 4) is 0 Å². The molecule has 1 aliphatic carbocycles. The summed E-state index contributed by atoms with van der Waals surface area (Å²) in [5.74, 6) is 0.488. The molecule has 0 saturated carbocycles. The molecular weight excluding hydrogens is 246 g/mol. The highest BCUT2D eigenvalue weighted by Gasteiger charge is 2.28. The molecule has 1 aromatic heterocycles. The van der Waals surface area contributed by atoms with Crippen LogP contribution in [0, 0.1) is 0 Å². The molecule has 1 aliphatic rings. The van der Waals surface area contributed by atoms with Gasteiger partial charge in [0.15, 0.2) is 0 Å². The molecule has 0 amide bonds. The van der Waals surface area contributed by atoms with Crippen LogP contribution in [0.2, 0.25) is 0 Å². The Labute approximate surface area is 120 Å². The second kappa shape index (κ2) is 4.56. The summed E-state index contributed by atoms with van der Waals surface area (Å²) in [6.07, 6.45) is 3.24. The number of pyridine rings is 1. The van der Waals surface area contributed by atoms with E-state index in [-0.39, 0.29) is 0 Å². The highest BCUT2D eigenvalue weighted by molar-refractivity contribution is 5.85.